The number of primary amides is 1. The molecule has 4 atom stereocenters. The molecule has 11 nitrogen and oxygen atoms in total. The summed E-state index contributed by atoms with van der Waals surface area (Å²) >= 11 is 0. The Labute approximate surface area is 233 Å². The van der Waals surface area contributed by atoms with E-state index >= 15 is 0 Å². The minimum atomic E-state index is -2.66. The average Bonchev–Trinajstić information content (AvgIpc) is 2.81. The summed E-state index contributed by atoms with van der Waals surface area (Å²) in [5.74, 6) is -6.55. The number of anilines is 1. The molecule has 1 aromatic carbocycles. The number of nitrogens with two attached hydrogens (primary N) is 1. The smallest absolute Gasteiger partial charge is 0.255 e. The lowest BCUT2D eigenvalue weighted by molar-refractivity contribution is -0.153. The van der Waals surface area contributed by atoms with Gasteiger partial charge in [-0.3, -0.25) is 19.3 Å². The number of benzene rings is 1. The van der Waals surface area contributed by atoms with Gasteiger partial charge in [-0.15, -0.1) is 0 Å². The van der Waals surface area contributed by atoms with Crippen LogP contribution in [0.15, 0.2) is 23.0 Å². The van der Waals surface area contributed by atoms with Crippen LogP contribution in [0.3, 0.4) is 0 Å². The first-order valence-corrected chi connectivity index (χ1v) is 13.3. The molecular weight excluding hydrogens is 516 g/mol. The zero-order valence-corrected chi connectivity index (χ0v) is 24.1. The number of phenols is 1. The van der Waals surface area contributed by atoms with Gasteiger partial charge in [-0.1, -0.05) is 20.8 Å². The predicted octanol–water partition coefficient (Wildman–Crippen LogP) is 1.17. The van der Waals surface area contributed by atoms with Crippen LogP contribution in [-0.4, -0.2) is 89.2 Å². The third-order valence-electron chi connectivity index (χ3n) is 8.23. The second-order valence-corrected chi connectivity index (χ2v) is 12.8. The molecule has 11 heteroatoms. The van der Waals surface area contributed by atoms with Crippen molar-refractivity contribution in [2.75, 3.05) is 39.6 Å². The number of nitrogens with one attached hydrogen (secondary N) is 1. The van der Waals surface area contributed by atoms with E-state index in [0.29, 0.717) is 24.2 Å². The van der Waals surface area contributed by atoms with Crippen LogP contribution < -0.4 is 16.0 Å². The first-order valence-electron chi connectivity index (χ1n) is 13.3. The van der Waals surface area contributed by atoms with Crippen molar-refractivity contribution in [3.8, 4) is 5.75 Å². The summed E-state index contributed by atoms with van der Waals surface area (Å²) in [4.78, 5) is 42.8. The quantitative estimate of drug-likeness (QED) is 0.279. The highest BCUT2D eigenvalue weighted by atomic mass is 16.3. The van der Waals surface area contributed by atoms with Crippen LogP contribution >= 0.6 is 0 Å². The van der Waals surface area contributed by atoms with Gasteiger partial charge in [-0.2, -0.15) is 0 Å². The maximum absolute atomic E-state index is 14.0. The molecular formula is C29H40N4O7. The molecule has 3 aliphatic carbocycles. The Morgan fingerprint density at radius 2 is 1.77 bits per heavy atom. The van der Waals surface area contributed by atoms with E-state index in [1.165, 1.54) is 4.90 Å². The monoisotopic (exact) mass is 556 g/mol. The zero-order valence-electron chi connectivity index (χ0n) is 24.1. The van der Waals surface area contributed by atoms with Crippen molar-refractivity contribution in [1.82, 2.24) is 10.2 Å². The number of fused-ring (bicyclic) bond motifs is 3. The number of ketones is 2. The van der Waals surface area contributed by atoms with Gasteiger partial charge in [0.2, 0.25) is 5.78 Å². The molecule has 0 aromatic heterocycles. The van der Waals surface area contributed by atoms with Gasteiger partial charge in [-0.05, 0) is 49.9 Å². The van der Waals surface area contributed by atoms with Crippen LogP contribution in [0.5, 0.6) is 5.75 Å². The van der Waals surface area contributed by atoms with E-state index < -0.39 is 58.0 Å². The van der Waals surface area contributed by atoms with Gasteiger partial charge in [0.15, 0.2) is 11.4 Å². The summed E-state index contributed by atoms with van der Waals surface area (Å²) in [6.45, 7) is 7.21. The van der Waals surface area contributed by atoms with Crippen molar-refractivity contribution < 1.29 is 34.8 Å². The van der Waals surface area contributed by atoms with Gasteiger partial charge in [0.05, 0.1) is 11.6 Å². The summed E-state index contributed by atoms with van der Waals surface area (Å²) in [5, 5.41) is 49.0. The third-order valence-corrected chi connectivity index (χ3v) is 8.23. The van der Waals surface area contributed by atoms with Gasteiger partial charge in [0.1, 0.15) is 22.8 Å². The number of aliphatic hydroxyl groups is 3. The Bertz CT molecular complexity index is 1350. The Balaban J connectivity index is 1.91. The van der Waals surface area contributed by atoms with E-state index in [-0.39, 0.29) is 35.1 Å². The molecule has 0 radical (unpaired) electrons. The maximum Gasteiger partial charge on any atom is 0.255 e. The lowest BCUT2D eigenvalue weighted by Crippen LogP contribution is -2.65. The second-order valence-electron chi connectivity index (χ2n) is 12.8. The number of hydrogen-bond acceptors (Lipinski definition) is 10. The second kappa shape index (κ2) is 9.90. The fourth-order valence-corrected chi connectivity index (χ4v) is 6.45. The van der Waals surface area contributed by atoms with Gasteiger partial charge in [0.25, 0.3) is 5.91 Å². The molecule has 1 amide bonds. The molecule has 218 valence electrons. The summed E-state index contributed by atoms with van der Waals surface area (Å²) < 4.78 is 0. The van der Waals surface area contributed by atoms with Crippen LogP contribution in [0, 0.1) is 17.3 Å². The minimum Gasteiger partial charge on any atom is -0.508 e. The lowest BCUT2D eigenvalue weighted by atomic mass is 9.57. The molecule has 0 unspecified atom stereocenters. The van der Waals surface area contributed by atoms with Gasteiger partial charge >= 0.3 is 0 Å². The highest BCUT2D eigenvalue weighted by Crippen LogP contribution is 2.54. The molecule has 3 aliphatic rings. The maximum atomic E-state index is 14.0. The molecule has 0 heterocycles. The number of likely N-dealkylation sites (N-methyl/N-ethyl adjacent to an activating group) is 1. The van der Waals surface area contributed by atoms with E-state index in [4.69, 9.17) is 5.73 Å². The Kier molecular flexibility index (Phi) is 7.32. The zero-order chi connectivity index (χ0) is 30.1. The molecule has 1 aromatic rings. The first kappa shape index (κ1) is 29.6. The number of aromatic hydroxyl groups is 1. The third kappa shape index (κ3) is 4.46. The Morgan fingerprint density at radius 3 is 2.30 bits per heavy atom. The molecule has 0 aliphatic heterocycles. The number of rotatable bonds is 6. The molecule has 0 saturated heterocycles. The fraction of sp³-hybridized carbons (Fsp3) is 0.552. The van der Waals surface area contributed by atoms with Gasteiger partial charge in [0, 0.05) is 49.9 Å². The molecule has 40 heavy (non-hydrogen) atoms. The van der Waals surface area contributed by atoms with E-state index in [2.05, 4.69) is 26.1 Å². The van der Waals surface area contributed by atoms with Gasteiger partial charge < -0.3 is 36.4 Å². The number of carbonyl (C=O) groups is 3. The van der Waals surface area contributed by atoms with E-state index in [0.717, 1.165) is 5.69 Å². The van der Waals surface area contributed by atoms with Crippen molar-refractivity contribution in [1.29, 1.82) is 0 Å². The lowest BCUT2D eigenvalue weighted by Gasteiger charge is -2.50. The number of amides is 1. The number of aliphatic hydroxyl groups excluding tert-OH is 2. The summed E-state index contributed by atoms with van der Waals surface area (Å²) in [5.41, 5.74) is 3.73. The predicted molar refractivity (Wildman–Crippen MR) is 150 cm³/mol. The number of hydrogen-bond donors (Lipinski definition) is 6. The standard InChI is InChI=1S/C29H40N4O7/c1-28(2,3)12-31-11-14-10-17(32(4)5)15-8-13-9-16-21(33(6)7)24(36)20(27(30)39)26(38)29(16,40)25(37)18(13)23(35)19(15)22(14)34/h10,13,16,21,31,34-35,38,40H,8-9,11-12H2,1-7H3,(H2,30,39)/t13-,16-,21-,29+/m1/s1. The molecule has 7 N–H and O–H groups in total. The average molecular weight is 557 g/mol. The summed E-state index contributed by atoms with van der Waals surface area (Å²) in [6.07, 6.45) is 0.291. The Hall–Kier alpha value is -3.41. The molecule has 1 saturated carbocycles. The van der Waals surface area contributed by atoms with Crippen molar-refractivity contribution in [3.05, 3.63) is 39.7 Å². The number of Topliss-reactive ketones (excluding diaryl/α,β-unsaturated/α-hetero) is 2. The fourth-order valence-electron chi connectivity index (χ4n) is 6.45. The van der Waals surface area contributed by atoms with E-state index in [9.17, 15) is 34.8 Å². The van der Waals surface area contributed by atoms with E-state index in [1.807, 2.05) is 25.1 Å². The van der Waals surface area contributed by atoms with Crippen LogP contribution in [0.1, 0.15) is 43.9 Å². The van der Waals surface area contributed by atoms with Crippen LogP contribution in [0.4, 0.5) is 5.69 Å². The van der Waals surface area contributed by atoms with Gasteiger partial charge in [-0.25, -0.2) is 0 Å². The van der Waals surface area contributed by atoms with Crippen molar-refractivity contribution in [2.45, 2.75) is 51.8 Å². The van der Waals surface area contributed by atoms with Crippen LogP contribution in [-0.2, 0) is 27.3 Å². The van der Waals surface area contributed by atoms with E-state index in [1.54, 1.807) is 14.1 Å². The SMILES string of the molecule is CN(C)c1cc(CNCC(C)(C)C)c(O)c2c1C[C@@H]1C[C@@H]3[C@@H](N(C)C)C(=O)C(C(N)=O)=C(O)[C@@]3(O)C(=O)C1=C2O. The summed E-state index contributed by atoms with van der Waals surface area (Å²) in [6, 6.07) is 0.735. The number of nitrogens with zero attached hydrogens (tertiary/aromatic N) is 2. The molecule has 0 spiro atoms. The highest BCUT2D eigenvalue weighted by Gasteiger charge is 2.64. The summed E-state index contributed by atoms with van der Waals surface area (Å²) in [7, 11) is 6.84. The number of phenolic OH excluding ortho intramolecular Hbond substituents is 1. The van der Waals surface area contributed by atoms with Crippen molar-refractivity contribution in [2.24, 2.45) is 23.0 Å². The van der Waals surface area contributed by atoms with Crippen molar-refractivity contribution >= 4 is 28.9 Å². The highest BCUT2D eigenvalue weighted by molar-refractivity contribution is 6.24. The van der Waals surface area contributed by atoms with Crippen molar-refractivity contribution in [3.63, 3.8) is 0 Å². The topological polar surface area (TPSA) is 177 Å². The molecule has 0 bridgehead atoms. The minimum absolute atomic E-state index is 0.00285. The number of carbonyl (C=O) groups excluding carboxylic acids is 3. The van der Waals surface area contributed by atoms with Crippen LogP contribution in [0.2, 0.25) is 0 Å². The first-order chi connectivity index (χ1) is 18.4. The Morgan fingerprint density at radius 1 is 1.15 bits per heavy atom. The molecule has 4 rings (SSSR count). The molecule has 1 fully saturated rings. The largest absolute Gasteiger partial charge is 0.508 e. The normalized spacial score (nSPS) is 26.6. The van der Waals surface area contributed by atoms with Crippen LogP contribution in [0.25, 0.3) is 5.76 Å².